The molecular weight excluding hydrogens is 377 g/mol. The van der Waals surface area contributed by atoms with E-state index in [0.717, 1.165) is 28.0 Å². The van der Waals surface area contributed by atoms with Crippen molar-refractivity contribution in [1.82, 2.24) is 10.3 Å². The summed E-state index contributed by atoms with van der Waals surface area (Å²) in [5.41, 5.74) is 11.2. The second-order valence-corrected chi connectivity index (χ2v) is 7.07. The van der Waals surface area contributed by atoms with Gasteiger partial charge < -0.3 is 16.2 Å². The zero-order chi connectivity index (χ0) is 21.5. The van der Waals surface area contributed by atoms with E-state index < -0.39 is 6.10 Å². The quantitative estimate of drug-likeness (QED) is 0.524. The molecule has 0 aliphatic carbocycles. The highest BCUT2D eigenvalue weighted by molar-refractivity contribution is 5.83. The van der Waals surface area contributed by atoms with Crippen LogP contribution in [0.4, 0.5) is 4.39 Å². The van der Waals surface area contributed by atoms with E-state index in [1.54, 1.807) is 18.3 Å². The molecule has 0 amide bonds. The third-order valence-electron chi connectivity index (χ3n) is 4.87. The monoisotopic (exact) mass is 403 g/mol. The summed E-state index contributed by atoms with van der Waals surface area (Å²) in [6.07, 6.45) is 3.08. The molecule has 5 heteroatoms. The molecule has 1 aromatic heterocycles. The summed E-state index contributed by atoms with van der Waals surface area (Å²) in [6, 6.07) is 18.3. The predicted octanol–water partition coefficient (Wildman–Crippen LogP) is 4.33. The lowest BCUT2D eigenvalue weighted by Crippen LogP contribution is -2.31. The summed E-state index contributed by atoms with van der Waals surface area (Å²) in [7, 11) is 0. The highest BCUT2D eigenvalue weighted by atomic mass is 19.1. The molecule has 4 N–H and O–H groups in total. The maximum atomic E-state index is 14.0. The summed E-state index contributed by atoms with van der Waals surface area (Å²) >= 11 is 0. The highest BCUT2D eigenvalue weighted by Gasteiger charge is 2.09. The fourth-order valence-corrected chi connectivity index (χ4v) is 3.10. The SMILES string of the molecule is C=C(NCC(O)CN)c1cccnc1/C=C(\C)c1ccc(-c2ccccc2F)cc1. The Labute approximate surface area is 176 Å². The van der Waals surface area contributed by atoms with Crippen molar-refractivity contribution in [3.63, 3.8) is 0 Å². The maximum absolute atomic E-state index is 14.0. The number of nitrogens with two attached hydrogens (primary N) is 1. The van der Waals surface area contributed by atoms with Crippen LogP contribution in [-0.2, 0) is 0 Å². The Kier molecular flexibility index (Phi) is 7.12. The van der Waals surface area contributed by atoms with Crippen LogP contribution < -0.4 is 11.1 Å². The molecule has 1 atom stereocenters. The first-order valence-electron chi connectivity index (χ1n) is 9.79. The smallest absolute Gasteiger partial charge is 0.131 e. The molecule has 0 saturated carbocycles. The number of pyridine rings is 1. The Hall–Kier alpha value is -3.28. The van der Waals surface area contributed by atoms with Gasteiger partial charge in [0.2, 0.25) is 0 Å². The van der Waals surface area contributed by atoms with E-state index in [-0.39, 0.29) is 12.4 Å². The van der Waals surface area contributed by atoms with Crippen molar-refractivity contribution in [2.24, 2.45) is 5.73 Å². The van der Waals surface area contributed by atoms with Crippen molar-refractivity contribution < 1.29 is 9.50 Å². The highest BCUT2D eigenvalue weighted by Crippen LogP contribution is 2.26. The number of hydrogen-bond donors (Lipinski definition) is 3. The van der Waals surface area contributed by atoms with Crippen molar-refractivity contribution >= 4 is 17.3 Å². The molecule has 1 heterocycles. The number of halogens is 1. The van der Waals surface area contributed by atoms with Crippen LogP contribution in [0.5, 0.6) is 0 Å². The Morgan fingerprint density at radius 3 is 2.60 bits per heavy atom. The van der Waals surface area contributed by atoms with E-state index >= 15 is 0 Å². The Bertz CT molecular complexity index is 1040. The molecule has 0 saturated heterocycles. The van der Waals surface area contributed by atoms with Gasteiger partial charge in [0.15, 0.2) is 0 Å². The van der Waals surface area contributed by atoms with Crippen molar-refractivity contribution in [2.75, 3.05) is 13.1 Å². The maximum Gasteiger partial charge on any atom is 0.131 e. The lowest BCUT2D eigenvalue weighted by molar-refractivity contribution is 0.185. The molecule has 1 unspecified atom stereocenters. The van der Waals surface area contributed by atoms with Crippen molar-refractivity contribution in [3.8, 4) is 11.1 Å². The van der Waals surface area contributed by atoms with E-state index in [4.69, 9.17) is 5.73 Å². The summed E-state index contributed by atoms with van der Waals surface area (Å²) in [5, 5.41) is 12.8. The number of hydrogen-bond acceptors (Lipinski definition) is 4. The van der Waals surface area contributed by atoms with Gasteiger partial charge >= 0.3 is 0 Å². The van der Waals surface area contributed by atoms with Crippen LogP contribution >= 0.6 is 0 Å². The summed E-state index contributed by atoms with van der Waals surface area (Å²) in [4.78, 5) is 4.48. The van der Waals surface area contributed by atoms with Gasteiger partial charge in [-0.3, -0.25) is 4.98 Å². The zero-order valence-electron chi connectivity index (χ0n) is 17.0. The topological polar surface area (TPSA) is 71.2 Å². The van der Waals surface area contributed by atoms with Gasteiger partial charge in [-0.2, -0.15) is 0 Å². The van der Waals surface area contributed by atoms with E-state index in [2.05, 4.69) is 16.9 Å². The minimum absolute atomic E-state index is 0.183. The molecule has 154 valence electrons. The van der Waals surface area contributed by atoms with Crippen molar-refractivity contribution in [1.29, 1.82) is 0 Å². The first kappa shape index (κ1) is 21.4. The fraction of sp³-hybridized carbons (Fsp3) is 0.160. The van der Waals surface area contributed by atoms with Gasteiger partial charge in [-0.15, -0.1) is 0 Å². The number of benzene rings is 2. The number of nitrogens with zero attached hydrogens (tertiary/aromatic N) is 1. The molecule has 0 aliphatic heterocycles. The molecule has 0 fully saturated rings. The van der Waals surface area contributed by atoms with Gasteiger partial charge in [0, 0.05) is 36.1 Å². The van der Waals surface area contributed by atoms with Gasteiger partial charge in [0.05, 0.1) is 11.8 Å². The van der Waals surface area contributed by atoms with Gasteiger partial charge in [0.25, 0.3) is 0 Å². The van der Waals surface area contributed by atoms with E-state index in [0.29, 0.717) is 17.8 Å². The zero-order valence-corrected chi connectivity index (χ0v) is 17.0. The first-order chi connectivity index (χ1) is 14.5. The van der Waals surface area contributed by atoms with E-state index in [1.165, 1.54) is 6.07 Å². The van der Waals surface area contributed by atoms with Gasteiger partial charge in [-0.1, -0.05) is 49.0 Å². The van der Waals surface area contributed by atoms with E-state index in [1.807, 2.05) is 55.5 Å². The summed E-state index contributed by atoms with van der Waals surface area (Å²) in [5.74, 6) is -0.235. The number of nitrogens with one attached hydrogen (secondary N) is 1. The molecule has 2 aromatic carbocycles. The summed E-state index contributed by atoms with van der Waals surface area (Å²) < 4.78 is 14.0. The average Bonchev–Trinajstić information content (AvgIpc) is 2.78. The Morgan fingerprint density at radius 1 is 1.17 bits per heavy atom. The van der Waals surface area contributed by atoms with Crippen LogP contribution in [0.15, 0.2) is 73.4 Å². The average molecular weight is 404 g/mol. The minimum Gasteiger partial charge on any atom is -0.390 e. The molecule has 4 nitrogen and oxygen atoms in total. The number of aromatic nitrogens is 1. The van der Waals surface area contributed by atoms with Crippen LogP contribution in [0.2, 0.25) is 0 Å². The number of aliphatic hydroxyl groups is 1. The number of allylic oxidation sites excluding steroid dienone is 1. The Morgan fingerprint density at radius 2 is 1.90 bits per heavy atom. The third kappa shape index (κ3) is 5.20. The molecule has 30 heavy (non-hydrogen) atoms. The van der Waals surface area contributed by atoms with Gasteiger partial charge in [-0.25, -0.2) is 4.39 Å². The standard InChI is InChI=1S/C25H26FN3O/c1-17(19-9-11-20(12-10-19)23-6-3-4-8-24(23)26)14-25-22(7-5-13-28-25)18(2)29-16-21(30)15-27/h3-14,21,29-30H,2,15-16,27H2,1H3/b17-14+. The summed E-state index contributed by atoms with van der Waals surface area (Å²) in [6.45, 7) is 6.57. The molecule has 3 aromatic rings. The van der Waals surface area contributed by atoms with Crippen LogP contribution in [-0.4, -0.2) is 29.3 Å². The Balaban J connectivity index is 1.82. The molecule has 0 spiro atoms. The lowest BCUT2D eigenvalue weighted by Gasteiger charge is -2.14. The number of rotatable bonds is 8. The van der Waals surface area contributed by atoms with Gasteiger partial charge in [-0.05, 0) is 47.9 Å². The molecule has 0 aliphatic rings. The third-order valence-corrected chi connectivity index (χ3v) is 4.87. The minimum atomic E-state index is -0.632. The second kappa shape index (κ2) is 9.96. The van der Waals surface area contributed by atoms with Crippen LogP contribution in [0.25, 0.3) is 28.5 Å². The van der Waals surface area contributed by atoms with Crippen LogP contribution in [0.3, 0.4) is 0 Å². The van der Waals surface area contributed by atoms with Crippen molar-refractivity contribution in [3.05, 3.63) is 96.1 Å². The molecular formula is C25H26FN3O. The first-order valence-corrected chi connectivity index (χ1v) is 9.79. The fourth-order valence-electron chi connectivity index (χ4n) is 3.10. The largest absolute Gasteiger partial charge is 0.390 e. The molecule has 0 radical (unpaired) electrons. The van der Waals surface area contributed by atoms with Crippen molar-refractivity contribution in [2.45, 2.75) is 13.0 Å². The van der Waals surface area contributed by atoms with Crippen LogP contribution in [0.1, 0.15) is 23.7 Å². The van der Waals surface area contributed by atoms with Gasteiger partial charge in [0.1, 0.15) is 5.82 Å². The lowest BCUT2D eigenvalue weighted by atomic mass is 9.99. The predicted molar refractivity (Wildman–Crippen MR) is 122 cm³/mol. The molecule has 3 rings (SSSR count). The van der Waals surface area contributed by atoms with Crippen LogP contribution in [0, 0.1) is 5.82 Å². The number of aliphatic hydroxyl groups excluding tert-OH is 1. The normalized spacial score (nSPS) is 12.5. The van der Waals surface area contributed by atoms with E-state index in [9.17, 15) is 9.50 Å². The second-order valence-electron chi connectivity index (χ2n) is 7.07. The molecule has 0 bridgehead atoms.